The van der Waals surface area contributed by atoms with Crippen molar-refractivity contribution in [2.45, 2.75) is 139 Å². The molecule has 10 nitrogen and oxygen atoms in total. The number of ether oxygens (including phenoxy) is 5. The predicted molar refractivity (Wildman–Crippen MR) is 158 cm³/mol. The molecule has 0 aromatic carbocycles. The number of halogens is 6. The van der Waals surface area contributed by atoms with Crippen LogP contribution in [0.5, 0.6) is 0 Å². The maximum atomic E-state index is 15.2. The highest BCUT2D eigenvalue weighted by molar-refractivity contribution is 5.29. The molecule has 10 aliphatic rings. The molecule has 16 heteroatoms. The summed E-state index contributed by atoms with van der Waals surface area (Å²) in [6.07, 6.45) is -8.28. The standard InChI is InChI=1S/C34H47F6NO9/c1-17-6-8-23-19(3)32(34(38,39)40,46-27-30(23)21(17)10-13-29(5,45-27)48-49-30)42-15-14-41-16-20-24-9-7-18(2)22-11-12-28(4)44-26(31(22,24)50-47-28)43-25(20)33(35,36)37/h17-19,21-24,26-27,41H,6-16H2,1-5H3/t17-,18-,19-,21?,22?,23+,24+,26-,27+,28+,29+,30-,31-,32-/m1/s1. The van der Waals surface area contributed by atoms with E-state index < -0.39 is 83.6 Å². The molecule has 0 radical (unpaired) electrons. The van der Waals surface area contributed by atoms with E-state index in [2.05, 4.69) is 12.2 Å². The average molecular weight is 728 g/mol. The van der Waals surface area contributed by atoms with E-state index in [-0.39, 0.29) is 42.3 Å². The van der Waals surface area contributed by atoms with Crippen molar-refractivity contribution in [3.8, 4) is 0 Å². The van der Waals surface area contributed by atoms with Crippen LogP contribution < -0.4 is 5.32 Å². The molecular weight excluding hydrogens is 680 g/mol. The fourth-order valence-electron chi connectivity index (χ4n) is 10.9. The smallest absolute Gasteiger partial charge is 0.449 e. The van der Waals surface area contributed by atoms with E-state index in [4.69, 9.17) is 43.2 Å². The van der Waals surface area contributed by atoms with Crippen LogP contribution in [0.2, 0.25) is 0 Å². The van der Waals surface area contributed by atoms with E-state index in [0.717, 1.165) is 0 Å². The van der Waals surface area contributed by atoms with Gasteiger partial charge in [-0.15, -0.1) is 0 Å². The molecule has 2 saturated carbocycles. The maximum Gasteiger partial charge on any atom is 0.449 e. The second-order valence-corrected chi connectivity index (χ2v) is 16.3. The molecule has 1 N–H and O–H groups in total. The van der Waals surface area contributed by atoms with Crippen molar-refractivity contribution in [2.75, 3.05) is 19.7 Å². The number of rotatable bonds is 6. The van der Waals surface area contributed by atoms with E-state index in [1.807, 2.05) is 6.92 Å². The van der Waals surface area contributed by atoms with Crippen molar-refractivity contribution in [3.05, 3.63) is 11.3 Å². The van der Waals surface area contributed by atoms with E-state index in [1.165, 1.54) is 6.92 Å². The van der Waals surface area contributed by atoms with Gasteiger partial charge in [0.15, 0.2) is 17.5 Å². The number of alkyl halides is 6. The van der Waals surface area contributed by atoms with Crippen LogP contribution in [-0.4, -0.2) is 73.2 Å². The Kier molecular flexibility index (Phi) is 8.32. The van der Waals surface area contributed by atoms with E-state index >= 15 is 13.2 Å². The van der Waals surface area contributed by atoms with Gasteiger partial charge < -0.3 is 29.0 Å². The molecule has 0 aromatic rings. The van der Waals surface area contributed by atoms with Gasteiger partial charge in [-0.3, -0.25) is 0 Å². The lowest BCUT2D eigenvalue weighted by atomic mass is 9.57. The third-order valence-corrected chi connectivity index (χ3v) is 13.5. The number of hydrogen-bond donors (Lipinski definition) is 1. The molecule has 14 atom stereocenters. The minimum Gasteiger partial charge on any atom is -0.456 e. The molecule has 50 heavy (non-hydrogen) atoms. The summed E-state index contributed by atoms with van der Waals surface area (Å²) >= 11 is 0. The molecule has 8 aliphatic heterocycles. The molecule has 284 valence electrons. The van der Waals surface area contributed by atoms with Crippen molar-refractivity contribution < 1.29 is 69.6 Å². The Morgan fingerprint density at radius 3 is 1.96 bits per heavy atom. The summed E-state index contributed by atoms with van der Waals surface area (Å²) in [4.78, 5) is 23.4. The Bertz CT molecular complexity index is 1380. The van der Waals surface area contributed by atoms with Crippen molar-refractivity contribution in [1.82, 2.24) is 5.32 Å². The Labute approximate surface area is 286 Å². The van der Waals surface area contributed by atoms with Crippen molar-refractivity contribution in [2.24, 2.45) is 41.4 Å². The van der Waals surface area contributed by atoms with Gasteiger partial charge >= 0.3 is 12.4 Å². The first-order valence-electron chi connectivity index (χ1n) is 18.0. The van der Waals surface area contributed by atoms with Crippen LogP contribution in [0.25, 0.3) is 0 Å². The number of fused-ring (bicyclic) bond motifs is 4. The molecule has 0 aromatic heterocycles. The maximum absolute atomic E-state index is 15.2. The van der Waals surface area contributed by atoms with Crippen LogP contribution in [0.1, 0.15) is 86.0 Å². The van der Waals surface area contributed by atoms with Gasteiger partial charge in [0.25, 0.3) is 5.79 Å². The first kappa shape index (κ1) is 35.8. The summed E-state index contributed by atoms with van der Waals surface area (Å²) in [6, 6.07) is 0. The molecule has 9 fully saturated rings. The first-order chi connectivity index (χ1) is 23.4. The van der Waals surface area contributed by atoms with Gasteiger partial charge in [0.1, 0.15) is 0 Å². The van der Waals surface area contributed by atoms with E-state index in [1.54, 1.807) is 13.8 Å². The highest BCUT2D eigenvalue weighted by Gasteiger charge is 2.77. The van der Waals surface area contributed by atoms with Gasteiger partial charge in [-0.25, -0.2) is 19.6 Å². The summed E-state index contributed by atoms with van der Waals surface area (Å²) in [5.74, 6) is -9.45. The minimum absolute atomic E-state index is 0.0752. The summed E-state index contributed by atoms with van der Waals surface area (Å²) in [5.41, 5.74) is -2.61. The van der Waals surface area contributed by atoms with Crippen LogP contribution in [0.4, 0.5) is 26.3 Å². The molecule has 8 heterocycles. The van der Waals surface area contributed by atoms with E-state index in [9.17, 15) is 13.2 Å². The van der Waals surface area contributed by atoms with Gasteiger partial charge in [-0.2, -0.15) is 26.3 Å². The van der Waals surface area contributed by atoms with Crippen LogP contribution >= 0.6 is 0 Å². The van der Waals surface area contributed by atoms with Crippen LogP contribution in [0, 0.1) is 41.4 Å². The largest absolute Gasteiger partial charge is 0.456 e. The monoisotopic (exact) mass is 727 g/mol. The van der Waals surface area contributed by atoms with Gasteiger partial charge in [0.05, 0.1) is 6.61 Å². The van der Waals surface area contributed by atoms with Gasteiger partial charge in [0.2, 0.25) is 23.6 Å². The van der Waals surface area contributed by atoms with Crippen LogP contribution in [-0.2, 0) is 43.2 Å². The third kappa shape index (κ3) is 5.01. The lowest BCUT2D eigenvalue weighted by Crippen LogP contribution is -2.76. The van der Waals surface area contributed by atoms with Crippen molar-refractivity contribution >= 4 is 0 Å². The topological polar surface area (TPSA) is 95.1 Å². The quantitative estimate of drug-likeness (QED) is 0.179. The number of nitrogens with one attached hydrogen (secondary N) is 1. The van der Waals surface area contributed by atoms with Crippen molar-refractivity contribution in [3.63, 3.8) is 0 Å². The summed E-state index contributed by atoms with van der Waals surface area (Å²) in [5, 5.41) is 2.92. The molecule has 4 bridgehead atoms. The first-order valence-corrected chi connectivity index (χ1v) is 18.0. The Morgan fingerprint density at radius 2 is 1.32 bits per heavy atom. The highest BCUT2D eigenvalue weighted by Crippen LogP contribution is 2.65. The fourth-order valence-corrected chi connectivity index (χ4v) is 10.9. The fraction of sp³-hybridized carbons (Fsp3) is 0.941. The van der Waals surface area contributed by atoms with Crippen LogP contribution in [0.15, 0.2) is 11.3 Å². The SMILES string of the molecule is C[C@@H]1CC[C@H]2C(CNCCO[C@@]3(C(F)(F)F)O[C@@H]4O[C@]5(C)CCC6[C@H](C)CC[C@@H]([C@H]3C)[C@]64OO5)=C(C(F)(F)F)O[C@@H]3O[C@]4(C)CCC1[C@]32OO4. The zero-order valence-corrected chi connectivity index (χ0v) is 28.9. The van der Waals surface area contributed by atoms with Crippen LogP contribution in [0.3, 0.4) is 0 Å². The molecule has 2 unspecified atom stereocenters. The van der Waals surface area contributed by atoms with E-state index in [0.29, 0.717) is 51.4 Å². The Hall–Kier alpha value is -1.24. The molecule has 2 spiro atoms. The number of allylic oxidation sites excluding steroid dienone is 1. The average Bonchev–Trinajstić information content (AvgIpc) is 3.41. The molecule has 7 saturated heterocycles. The molecular formula is C34H47F6NO9. The van der Waals surface area contributed by atoms with Gasteiger partial charge in [-0.1, -0.05) is 20.8 Å². The third-order valence-electron chi connectivity index (χ3n) is 13.5. The molecule has 10 rings (SSSR count). The summed E-state index contributed by atoms with van der Waals surface area (Å²) in [7, 11) is 0. The predicted octanol–water partition coefficient (Wildman–Crippen LogP) is 6.80. The normalized spacial score (nSPS) is 51.4. The van der Waals surface area contributed by atoms with Gasteiger partial charge in [-0.05, 0) is 75.7 Å². The highest BCUT2D eigenvalue weighted by atomic mass is 19.4. The molecule has 2 aliphatic carbocycles. The lowest BCUT2D eigenvalue weighted by Gasteiger charge is -2.62. The Balaban J connectivity index is 1.03. The second kappa shape index (κ2) is 11.6. The zero-order chi connectivity index (χ0) is 35.7. The summed E-state index contributed by atoms with van der Waals surface area (Å²) in [6.45, 7) is 7.75. The molecule has 0 amide bonds. The lowest BCUT2D eigenvalue weighted by molar-refractivity contribution is -0.598. The minimum atomic E-state index is -4.97. The zero-order valence-electron chi connectivity index (χ0n) is 28.9. The second-order valence-electron chi connectivity index (χ2n) is 16.3. The Morgan fingerprint density at radius 1 is 0.720 bits per heavy atom. The van der Waals surface area contributed by atoms with Crippen molar-refractivity contribution in [1.29, 1.82) is 0 Å². The van der Waals surface area contributed by atoms with Gasteiger partial charge in [0, 0.05) is 49.6 Å². The number of hydrogen-bond acceptors (Lipinski definition) is 10. The summed E-state index contributed by atoms with van der Waals surface area (Å²) < 4.78 is 119.